The summed E-state index contributed by atoms with van der Waals surface area (Å²) in [6.45, 7) is 12.6. The van der Waals surface area contributed by atoms with E-state index in [-0.39, 0.29) is 11.3 Å². The molecular weight excluding hydrogens is 456 g/mol. The van der Waals surface area contributed by atoms with Crippen LogP contribution in [0.2, 0.25) is 23.2 Å². The van der Waals surface area contributed by atoms with Gasteiger partial charge in [0, 0.05) is 22.0 Å². The Bertz CT molecular complexity index is 867. The lowest BCUT2D eigenvalue weighted by Crippen LogP contribution is -2.40. The number of rotatable bonds is 5. The lowest BCUT2D eigenvalue weighted by Gasteiger charge is -2.35. The first-order valence-electron chi connectivity index (χ1n) is 9.89. The highest BCUT2D eigenvalue weighted by Gasteiger charge is 2.36. The first-order valence-corrected chi connectivity index (χ1v) is 14.0. The SMILES string of the molecule is CC(C)(C)[Si](C)(C)OC/C=C/c1c(Cl)cc2c(cnn2C2CCCCO2)c1Br. The molecule has 1 fully saturated rings. The van der Waals surface area contributed by atoms with Crippen molar-refractivity contribution in [2.75, 3.05) is 13.2 Å². The van der Waals surface area contributed by atoms with Gasteiger partial charge in [-0.15, -0.1) is 0 Å². The number of hydrogen-bond donors (Lipinski definition) is 0. The lowest BCUT2D eigenvalue weighted by atomic mass is 10.1. The summed E-state index contributed by atoms with van der Waals surface area (Å²) >= 11 is 10.4. The van der Waals surface area contributed by atoms with Crippen LogP contribution in [0, 0.1) is 0 Å². The molecule has 28 heavy (non-hydrogen) atoms. The molecule has 7 heteroatoms. The van der Waals surface area contributed by atoms with Gasteiger partial charge in [-0.1, -0.05) is 44.5 Å². The van der Waals surface area contributed by atoms with E-state index in [1.54, 1.807) is 0 Å². The zero-order valence-electron chi connectivity index (χ0n) is 17.4. The minimum absolute atomic E-state index is 0.00593. The second-order valence-corrected chi connectivity index (χ2v) is 14.9. The molecule has 0 aliphatic carbocycles. The second kappa shape index (κ2) is 8.60. The summed E-state index contributed by atoms with van der Waals surface area (Å²) < 4.78 is 15.0. The second-order valence-electron chi connectivity index (χ2n) is 8.90. The van der Waals surface area contributed by atoms with E-state index < -0.39 is 8.32 Å². The fourth-order valence-corrected chi connectivity index (χ4v) is 5.04. The summed E-state index contributed by atoms with van der Waals surface area (Å²) in [6, 6.07) is 1.99. The third kappa shape index (κ3) is 4.56. The number of halogens is 2. The minimum Gasteiger partial charge on any atom is -0.413 e. The molecule has 1 aliphatic rings. The van der Waals surface area contributed by atoms with Crippen LogP contribution in [0.4, 0.5) is 0 Å². The molecule has 0 saturated carbocycles. The Morgan fingerprint density at radius 3 is 2.79 bits per heavy atom. The number of benzene rings is 1. The van der Waals surface area contributed by atoms with Crippen molar-refractivity contribution in [2.45, 2.75) is 64.4 Å². The van der Waals surface area contributed by atoms with Gasteiger partial charge in [0.15, 0.2) is 14.5 Å². The summed E-state index contributed by atoms with van der Waals surface area (Å²) in [5.74, 6) is 0. The van der Waals surface area contributed by atoms with Crippen molar-refractivity contribution >= 4 is 52.8 Å². The zero-order valence-corrected chi connectivity index (χ0v) is 20.7. The van der Waals surface area contributed by atoms with Crippen LogP contribution < -0.4 is 0 Å². The maximum Gasteiger partial charge on any atom is 0.192 e. The van der Waals surface area contributed by atoms with Crippen molar-refractivity contribution in [3.8, 4) is 0 Å². The van der Waals surface area contributed by atoms with E-state index in [0.29, 0.717) is 11.6 Å². The van der Waals surface area contributed by atoms with E-state index in [2.05, 4.69) is 54.9 Å². The molecule has 0 spiro atoms. The summed E-state index contributed by atoms with van der Waals surface area (Å²) in [5, 5.41) is 6.52. The van der Waals surface area contributed by atoms with Gasteiger partial charge in [-0.2, -0.15) is 5.10 Å². The fraction of sp³-hybridized carbons (Fsp3) is 0.571. The van der Waals surface area contributed by atoms with E-state index in [9.17, 15) is 0 Å². The number of ether oxygens (including phenoxy) is 1. The summed E-state index contributed by atoms with van der Waals surface area (Å²) in [4.78, 5) is 0. The molecule has 2 heterocycles. The molecule has 4 nitrogen and oxygen atoms in total. The van der Waals surface area contributed by atoms with Gasteiger partial charge in [0.2, 0.25) is 0 Å². The Hall–Kier alpha value is -0.663. The lowest BCUT2D eigenvalue weighted by molar-refractivity contribution is -0.0366. The zero-order chi connectivity index (χ0) is 20.5. The fourth-order valence-electron chi connectivity index (χ4n) is 3.07. The third-order valence-electron chi connectivity index (χ3n) is 5.89. The van der Waals surface area contributed by atoms with Crippen molar-refractivity contribution < 1.29 is 9.16 Å². The Labute approximate surface area is 182 Å². The summed E-state index contributed by atoms with van der Waals surface area (Å²) in [5.41, 5.74) is 1.95. The van der Waals surface area contributed by atoms with Gasteiger partial charge >= 0.3 is 0 Å². The average molecular weight is 486 g/mol. The predicted octanol–water partition coefficient (Wildman–Crippen LogP) is 7.19. The molecule has 0 amide bonds. The van der Waals surface area contributed by atoms with Gasteiger partial charge in [0.25, 0.3) is 0 Å². The largest absolute Gasteiger partial charge is 0.413 e. The number of fused-ring (bicyclic) bond motifs is 1. The van der Waals surface area contributed by atoms with Crippen LogP contribution in [-0.2, 0) is 9.16 Å². The molecule has 1 aromatic carbocycles. The molecule has 3 rings (SSSR count). The first-order chi connectivity index (χ1) is 13.1. The van der Waals surface area contributed by atoms with E-state index >= 15 is 0 Å². The van der Waals surface area contributed by atoms with Gasteiger partial charge in [-0.05, 0) is 59.4 Å². The van der Waals surface area contributed by atoms with Gasteiger partial charge in [0.1, 0.15) is 0 Å². The molecule has 1 atom stereocenters. The molecule has 154 valence electrons. The quantitative estimate of drug-likeness (QED) is 0.421. The van der Waals surface area contributed by atoms with E-state index in [0.717, 1.165) is 46.8 Å². The highest BCUT2D eigenvalue weighted by Crippen LogP contribution is 2.38. The van der Waals surface area contributed by atoms with Crippen LogP contribution in [0.25, 0.3) is 17.0 Å². The van der Waals surface area contributed by atoms with Gasteiger partial charge in [-0.3, -0.25) is 0 Å². The Morgan fingerprint density at radius 2 is 2.14 bits per heavy atom. The topological polar surface area (TPSA) is 36.3 Å². The molecule has 2 aromatic rings. The number of nitrogens with zero attached hydrogens (tertiary/aromatic N) is 2. The van der Waals surface area contributed by atoms with Crippen LogP contribution in [0.5, 0.6) is 0 Å². The molecule has 0 bridgehead atoms. The Kier molecular flexibility index (Phi) is 6.77. The number of aromatic nitrogens is 2. The van der Waals surface area contributed by atoms with Crippen molar-refractivity contribution in [2.24, 2.45) is 0 Å². The third-order valence-corrected chi connectivity index (χ3v) is 11.6. The van der Waals surface area contributed by atoms with Crippen LogP contribution in [0.3, 0.4) is 0 Å². The van der Waals surface area contributed by atoms with E-state index in [1.807, 2.05) is 29.1 Å². The van der Waals surface area contributed by atoms with Crippen molar-refractivity contribution in [3.05, 3.63) is 33.4 Å². The molecule has 1 unspecified atom stereocenters. The van der Waals surface area contributed by atoms with Crippen LogP contribution in [0.1, 0.15) is 51.8 Å². The van der Waals surface area contributed by atoms with Gasteiger partial charge in [-0.25, -0.2) is 4.68 Å². The maximum absolute atomic E-state index is 6.62. The molecular formula is C21H30BrClN2O2Si. The number of hydrogen-bond acceptors (Lipinski definition) is 3. The molecule has 0 radical (unpaired) electrons. The molecule has 1 aromatic heterocycles. The predicted molar refractivity (Wildman–Crippen MR) is 123 cm³/mol. The summed E-state index contributed by atoms with van der Waals surface area (Å²) in [7, 11) is -1.75. The van der Waals surface area contributed by atoms with Crippen LogP contribution in [0.15, 0.2) is 22.8 Å². The minimum atomic E-state index is -1.75. The molecule has 0 N–H and O–H groups in total. The Morgan fingerprint density at radius 1 is 1.39 bits per heavy atom. The van der Waals surface area contributed by atoms with Gasteiger partial charge in [0.05, 0.1) is 23.3 Å². The van der Waals surface area contributed by atoms with E-state index in [4.69, 9.17) is 20.8 Å². The maximum atomic E-state index is 6.62. The van der Waals surface area contributed by atoms with Crippen LogP contribution >= 0.6 is 27.5 Å². The normalized spacial score (nSPS) is 19.0. The van der Waals surface area contributed by atoms with Crippen molar-refractivity contribution in [1.29, 1.82) is 0 Å². The Balaban J connectivity index is 1.81. The monoisotopic (exact) mass is 484 g/mol. The highest BCUT2D eigenvalue weighted by atomic mass is 79.9. The standard InChI is InChI=1S/C21H30BrClN2O2Si/c1-21(2,3)28(4,5)27-12-8-9-15-17(23)13-18-16(20(15)22)14-24-25(18)19-10-6-7-11-26-19/h8-9,13-14,19H,6-7,10-12H2,1-5H3/b9-8+. The smallest absolute Gasteiger partial charge is 0.192 e. The highest BCUT2D eigenvalue weighted by molar-refractivity contribution is 9.10. The van der Waals surface area contributed by atoms with E-state index in [1.165, 1.54) is 0 Å². The molecule has 1 saturated heterocycles. The van der Waals surface area contributed by atoms with Gasteiger partial charge < -0.3 is 9.16 Å². The average Bonchev–Trinajstić information content (AvgIpc) is 3.04. The van der Waals surface area contributed by atoms with Crippen molar-refractivity contribution in [3.63, 3.8) is 0 Å². The van der Waals surface area contributed by atoms with Crippen LogP contribution in [-0.4, -0.2) is 31.3 Å². The first kappa shape index (κ1) is 22.0. The summed E-state index contributed by atoms with van der Waals surface area (Å²) in [6.07, 6.45) is 9.23. The molecule has 1 aliphatic heterocycles. The van der Waals surface area contributed by atoms with Crippen molar-refractivity contribution in [1.82, 2.24) is 9.78 Å².